The molecule has 0 atom stereocenters. The summed E-state index contributed by atoms with van der Waals surface area (Å²) in [5.74, 6) is 1.06. The van der Waals surface area contributed by atoms with Crippen molar-refractivity contribution < 1.29 is 4.42 Å². The molecule has 1 heterocycles. The minimum absolute atomic E-state index is 0.483. The highest BCUT2D eigenvalue weighted by atomic mass is 16.3. The zero-order valence-electron chi connectivity index (χ0n) is 11.7. The van der Waals surface area contributed by atoms with Gasteiger partial charge in [-0.2, -0.15) is 0 Å². The minimum atomic E-state index is 0.483. The van der Waals surface area contributed by atoms with Gasteiger partial charge in [0.2, 0.25) is 0 Å². The van der Waals surface area contributed by atoms with E-state index in [-0.39, 0.29) is 0 Å². The quantitative estimate of drug-likeness (QED) is 0.806. The van der Waals surface area contributed by atoms with Gasteiger partial charge in [-0.15, -0.1) is 0 Å². The van der Waals surface area contributed by atoms with Crippen molar-refractivity contribution in [2.45, 2.75) is 39.2 Å². The number of hydrogen-bond donors (Lipinski definition) is 1. The van der Waals surface area contributed by atoms with Crippen LogP contribution in [0, 0.1) is 5.41 Å². The van der Waals surface area contributed by atoms with E-state index in [4.69, 9.17) is 4.42 Å². The summed E-state index contributed by atoms with van der Waals surface area (Å²) in [5.41, 5.74) is 0.483. The monoisotopic (exact) mass is 250 g/mol. The van der Waals surface area contributed by atoms with Gasteiger partial charge in [-0.1, -0.05) is 19.8 Å². The third-order valence-electron chi connectivity index (χ3n) is 4.03. The van der Waals surface area contributed by atoms with Crippen molar-refractivity contribution >= 4 is 0 Å². The van der Waals surface area contributed by atoms with Crippen LogP contribution in [0.15, 0.2) is 22.8 Å². The number of rotatable bonds is 7. The van der Waals surface area contributed by atoms with Gasteiger partial charge < -0.3 is 9.73 Å². The molecule has 18 heavy (non-hydrogen) atoms. The van der Waals surface area contributed by atoms with Crippen molar-refractivity contribution in [2.75, 3.05) is 26.7 Å². The molecule has 0 aliphatic heterocycles. The van der Waals surface area contributed by atoms with Gasteiger partial charge in [-0.05, 0) is 44.0 Å². The molecule has 102 valence electrons. The molecule has 0 spiro atoms. The fourth-order valence-corrected chi connectivity index (χ4v) is 3.20. The molecular formula is C15H26N2O. The summed E-state index contributed by atoms with van der Waals surface area (Å²) in [5, 5.41) is 3.55. The van der Waals surface area contributed by atoms with Crippen LogP contribution in [0.5, 0.6) is 0 Å². The predicted molar refractivity (Wildman–Crippen MR) is 74.5 cm³/mol. The lowest BCUT2D eigenvalue weighted by atomic mass is 9.85. The van der Waals surface area contributed by atoms with Crippen molar-refractivity contribution in [3.63, 3.8) is 0 Å². The van der Waals surface area contributed by atoms with Crippen molar-refractivity contribution in [2.24, 2.45) is 5.41 Å². The normalized spacial score (nSPS) is 18.6. The summed E-state index contributed by atoms with van der Waals surface area (Å²) in [6.45, 7) is 6.51. The summed E-state index contributed by atoms with van der Waals surface area (Å²) < 4.78 is 5.43. The van der Waals surface area contributed by atoms with Crippen molar-refractivity contribution in [1.82, 2.24) is 10.2 Å². The van der Waals surface area contributed by atoms with Crippen LogP contribution in [0.25, 0.3) is 0 Å². The number of nitrogens with one attached hydrogen (secondary N) is 1. The van der Waals surface area contributed by atoms with E-state index in [1.165, 1.54) is 32.2 Å². The first kappa shape index (κ1) is 13.6. The first-order valence-corrected chi connectivity index (χ1v) is 7.16. The van der Waals surface area contributed by atoms with E-state index in [1.54, 1.807) is 6.26 Å². The second-order valence-electron chi connectivity index (χ2n) is 5.74. The summed E-state index contributed by atoms with van der Waals surface area (Å²) in [6, 6.07) is 4.02. The lowest BCUT2D eigenvalue weighted by Crippen LogP contribution is -2.41. The van der Waals surface area contributed by atoms with Gasteiger partial charge in [0.15, 0.2) is 0 Å². The van der Waals surface area contributed by atoms with Gasteiger partial charge in [-0.3, -0.25) is 4.90 Å². The Balaban J connectivity index is 1.87. The fraction of sp³-hybridized carbons (Fsp3) is 0.733. The summed E-state index contributed by atoms with van der Waals surface area (Å²) in [7, 11) is 2.20. The fourth-order valence-electron chi connectivity index (χ4n) is 3.20. The van der Waals surface area contributed by atoms with Crippen LogP contribution in [0.4, 0.5) is 0 Å². The second kappa shape index (κ2) is 6.39. The van der Waals surface area contributed by atoms with E-state index >= 15 is 0 Å². The first-order chi connectivity index (χ1) is 8.74. The van der Waals surface area contributed by atoms with Gasteiger partial charge in [0.25, 0.3) is 0 Å². The number of hydrogen-bond acceptors (Lipinski definition) is 3. The highest BCUT2D eigenvalue weighted by molar-refractivity contribution is 4.98. The van der Waals surface area contributed by atoms with Crippen molar-refractivity contribution in [3.8, 4) is 0 Å². The van der Waals surface area contributed by atoms with Crippen LogP contribution in [0.3, 0.4) is 0 Å². The lowest BCUT2D eigenvalue weighted by Gasteiger charge is -2.33. The Kier molecular flexibility index (Phi) is 4.84. The van der Waals surface area contributed by atoms with E-state index in [0.29, 0.717) is 5.41 Å². The molecule has 1 aliphatic carbocycles. The standard InChI is InChI=1S/C15H26N2O/c1-3-16-12-15(8-4-5-9-15)13-17(2)11-14-7-6-10-18-14/h6-7,10,16H,3-5,8-9,11-13H2,1-2H3. The predicted octanol–water partition coefficient (Wildman–Crippen LogP) is 2.88. The maximum atomic E-state index is 5.43. The Hall–Kier alpha value is -0.800. The molecule has 1 aromatic rings. The van der Waals surface area contributed by atoms with Crippen LogP contribution < -0.4 is 5.32 Å². The molecular weight excluding hydrogens is 224 g/mol. The Bertz CT molecular complexity index is 328. The van der Waals surface area contributed by atoms with Crippen molar-refractivity contribution in [1.29, 1.82) is 0 Å². The van der Waals surface area contributed by atoms with Crippen molar-refractivity contribution in [3.05, 3.63) is 24.2 Å². The molecule has 0 aromatic carbocycles. The molecule has 1 saturated carbocycles. The average molecular weight is 250 g/mol. The number of furan rings is 1. The molecule has 1 aliphatic rings. The highest BCUT2D eigenvalue weighted by Gasteiger charge is 2.34. The topological polar surface area (TPSA) is 28.4 Å². The molecule has 0 amide bonds. The van der Waals surface area contributed by atoms with Gasteiger partial charge in [0.05, 0.1) is 12.8 Å². The molecule has 0 radical (unpaired) electrons. The molecule has 2 rings (SSSR count). The zero-order valence-corrected chi connectivity index (χ0v) is 11.7. The van der Waals surface area contributed by atoms with Crippen LogP contribution >= 0.6 is 0 Å². The van der Waals surface area contributed by atoms with Gasteiger partial charge in [0, 0.05) is 13.1 Å². The van der Waals surface area contributed by atoms with Crippen LogP contribution in [-0.2, 0) is 6.54 Å². The minimum Gasteiger partial charge on any atom is -0.468 e. The van der Waals surface area contributed by atoms with Crippen LogP contribution in [-0.4, -0.2) is 31.6 Å². The molecule has 3 heteroatoms. The summed E-state index contributed by atoms with van der Waals surface area (Å²) >= 11 is 0. The van der Waals surface area contributed by atoms with E-state index in [2.05, 4.69) is 30.3 Å². The van der Waals surface area contributed by atoms with E-state index in [0.717, 1.165) is 25.4 Å². The SMILES string of the molecule is CCNCC1(CN(C)Cc2ccco2)CCCC1. The summed E-state index contributed by atoms with van der Waals surface area (Å²) in [6.07, 6.45) is 7.26. The Morgan fingerprint density at radius 2 is 2.17 bits per heavy atom. The van der Waals surface area contributed by atoms with Gasteiger partial charge in [0.1, 0.15) is 5.76 Å². The molecule has 1 fully saturated rings. The maximum Gasteiger partial charge on any atom is 0.117 e. The van der Waals surface area contributed by atoms with Crippen LogP contribution in [0.1, 0.15) is 38.4 Å². The van der Waals surface area contributed by atoms with E-state index in [1.807, 2.05) is 6.07 Å². The van der Waals surface area contributed by atoms with E-state index < -0.39 is 0 Å². The highest BCUT2D eigenvalue weighted by Crippen LogP contribution is 2.38. The molecule has 0 saturated heterocycles. The molecule has 0 bridgehead atoms. The Labute approximate surface area is 111 Å². The average Bonchev–Trinajstić information content (AvgIpc) is 2.99. The van der Waals surface area contributed by atoms with E-state index in [9.17, 15) is 0 Å². The lowest BCUT2D eigenvalue weighted by molar-refractivity contribution is 0.161. The molecule has 0 unspecified atom stereocenters. The largest absolute Gasteiger partial charge is 0.468 e. The number of nitrogens with zero attached hydrogens (tertiary/aromatic N) is 1. The van der Waals surface area contributed by atoms with Gasteiger partial charge in [-0.25, -0.2) is 0 Å². The Morgan fingerprint density at radius 3 is 2.78 bits per heavy atom. The second-order valence-corrected chi connectivity index (χ2v) is 5.74. The van der Waals surface area contributed by atoms with Gasteiger partial charge >= 0.3 is 0 Å². The maximum absolute atomic E-state index is 5.43. The molecule has 1 aromatic heterocycles. The third kappa shape index (κ3) is 3.59. The van der Waals surface area contributed by atoms with Crippen LogP contribution in [0.2, 0.25) is 0 Å². The summed E-state index contributed by atoms with van der Waals surface area (Å²) in [4.78, 5) is 2.40. The first-order valence-electron chi connectivity index (χ1n) is 7.16. The Morgan fingerprint density at radius 1 is 1.39 bits per heavy atom. The zero-order chi connectivity index (χ0) is 12.8. The smallest absolute Gasteiger partial charge is 0.117 e. The third-order valence-corrected chi connectivity index (χ3v) is 4.03. The molecule has 1 N–H and O–H groups in total. The molecule has 3 nitrogen and oxygen atoms in total.